The minimum absolute atomic E-state index is 0.255. The second-order valence-corrected chi connectivity index (χ2v) is 7.81. The van der Waals surface area contributed by atoms with Crippen molar-refractivity contribution in [2.75, 3.05) is 29.9 Å². The molecule has 0 aliphatic carbocycles. The van der Waals surface area contributed by atoms with Crippen LogP contribution in [0, 0.1) is 13.8 Å². The number of benzene rings is 1. The van der Waals surface area contributed by atoms with E-state index in [1.54, 1.807) is 12.3 Å². The van der Waals surface area contributed by atoms with Gasteiger partial charge in [0.15, 0.2) is 0 Å². The van der Waals surface area contributed by atoms with Crippen LogP contribution in [0.4, 0.5) is 17.5 Å². The molecule has 4 rings (SSSR count). The summed E-state index contributed by atoms with van der Waals surface area (Å²) in [5, 5.41) is 23.4. The number of hydrogen-bond donors (Lipinski definition) is 4. The van der Waals surface area contributed by atoms with E-state index in [0.29, 0.717) is 48.6 Å². The number of nitrogens with one attached hydrogen (secondary N) is 2. The standard InChI is InChI=1S/C21H25N5O3/c1-13-9-14(2)11-15(10-13)23-18-17-16(3-6-22-19(17)28)24-20(25-18)26-7-4-21(29,12-27)5-8-26/h3,6,9-11,27,29H,4-5,7-8,12H2,1-2H3,(H,22,28)(H,23,24,25). The summed E-state index contributed by atoms with van der Waals surface area (Å²) in [5.41, 5.74) is 2.32. The number of aromatic amines is 1. The molecule has 4 N–H and O–H groups in total. The Labute approximate surface area is 168 Å². The molecule has 8 nitrogen and oxygen atoms in total. The summed E-state index contributed by atoms with van der Waals surface area (Å²) in [6.45, 7) is 4.83. The highest BCUT2D eigenvalue weighted by atomic mass is 16.3. The number of aryl methyl sites for hydroxylation is 2. The molecule has 3 heterocycles. The number of anilines is 3. The van der Waals surface area contributed by atoms with Crippen LogP contribution in [0.25, 0.3) is 10.9 Å². The lowest BCUT2D eigenvalue weighted by molar-refractivity contribution is -0.0327. The fraction of sp³-hybridized carbons (Fsp3) is 0.381. The lowest BCUT2D eigenvalue weighted by Crippen LogP contribution is -2.47. The number of H-pyrrole nitrogens is 1. The molecule has 1 fully saturated rings. The second kappa shape index (κ2) is 7.46. The molecule has 0 spiro atoms. The van der Waals surface area contributed by atoms with Crippen LogP contribution in [0.15, 0.2) is 35.3 Å². The van der Waals surface area contributed by atoms with Crippen LogP contribution in [-0.2, 0) is 0 Å². The minimum atomic E-state index is -1.05. The van der Waals surface area contributed by atoms with Crippen molar-refractivity contribution in [2.24, 2.45) is 0 Å². The number of fused-ring (bicyclic) bond motifs is 1. The fourth-order valence-electron chi connectivity index (χ4n) is 3.78. The summed E-state index contributed by atoms with van der Waals surface area (Å²) in [7, 11) is 0. The highest BCUT2D eigenvalue weighted by Gasteiger charge is 2.32. The average molecular weight is 395 g/mol. The fourth-order valence-corrected chi connectivity index (χ4v) is 3.78. The Morgan fingerprint density at radius 1 is 1.17 bits per heavy atom. The van der Waals surface area contributed by atoms with E-state index >= 15 is 0 Å². The summed E-state index contributed by atoms with van der Waals surface area (Å²) in [4.78, 5) is 26.4. The van der Waals surface area contributed by atoms with Crippen LogP contribution >= 0.6 is 0 Å². The third-order valence-electron chi connectivity index (χ3n) is 5.36. The first-order chi connectivity index (χ1) is 13.9. The van der Waals surface area contributed by atoms with Gasteiger partial charge in [-0.1, -0.05) is 6.07 Å². The van der Waals surface area contributed by atoms with Gasteiger partial charge in [0.2, 0.25) is 5.95 Å². The van der Waals surface area contributed by atoms with E-state index in [0.717, 1.165) is 16.8 Å². The van der Waals surface area contributed by atoms with Gasteiger partial charge >= 0.3 is 0 Å². The van der Waals surface area contributed by atoms with Crippen molar-refractivity contribution in [3.8, 4) is 0 Å². The van der Waals surface area contributed by atoms with Crippen LogP contribution in [0.5, 0.6) is 0 Å². The van der Waals surface area contributed by atoms with Gasteiger partial charge in [-0.05, 0) is 56.0 Å². The lowest BCUT2D eigenvalue weighted by Gasteiger charge is -2.37. The van der Waals surface area contributed by atoms with Gasteiger partial charge in [0.25, 0.3) is 5.56 Å². The monoisotopic (exact) mass is 395 g/mol. The molecule has 1 aliphatic rings. The number of hydrogen-bond acceptors (Lipinski definition) is 7. The highest BCUT2D eigenvalue weighted by Crippen LogP contribution is 2.28. The summed E-state index contributed by atoms with van der Waals surface area (Å²) < 4.78 is 0. The van der Waals surface area contributed by atoms with E-state index in [1.807, 2.05) is 30.9 Å². The Hall–Kier alpha value is -2.97. The molecule has 1 saturated heterocycles. The molecule has 3 aromatic rings. The number of aliphatic hydroxyl groups is 2. The number of pyridine rings is 1. The number of aliphatic hydroxyl groups excluding tert-OH is 1. The second-order valence-electron chi connectivity index (χ2n) is 7.81. The molecule has 2 aromatic heterocycles. The van der Waals surface area contributed by atoms with Crippen molar-refractivity contribution < 1.29 is 10.2 Å². The van der Waals surface area contributed by atoms with Gasteiger partial charge in [0.1, 0.15) is 11.2 Å². The molecule has 29 heavy (non-hydrogen) atoms. The van der Waals surface area contributed by atoms with Crippen molar-refractivity contribution in [1.29, 1.82) is 0 Å². The van der Waals surface area contributed by atoms with E-state index in [-0.39, 0.29) is 12.2 Å². The summed E-state index contributed by atoms with van der Waals surface area (Å²) in [5.74, 6) is 0.940. The molecule has 0 atom stereocenters. The first kappa shape index (κ1) is 19.4. The minimum Gasteiger partial charge on any atom is -0.393 e. The number of piperidine rings is 1. The summed E-state index contributed by atoms with van der Waals surface area (Å²) >= 11 is 0. The SMILES string of the molecule is Cc1cc(C)cc(Nc2nc(N3CCC(O)(CO)CC3)nc3cc[nH]c(=O)c23)c1. The highest BCUT2D eigenvalue weighted by molar-refractivity contribution is 5.91. The van der Waals surface area contributed by atoms with E-state index < -0.39 is 5.60 Å². The van der Waals surface area contributed by atoms with E-state index in [1.165, 1.54) is 0 Å². The maximum atomic E-state index is 12.5. The summed E-state index contributed by atoms with van der Waals surface area (Å²) in [6, 6.07) is 7.83. The number of rotatable bonds is 4. The molecule has 0 radical (unpaired) electrons. The Morgan fingerprint density at radius 3 is 2.52 bits per heavy atom. The molecule has 152 valence electrons. The third kappa shape index (κ3) is 3.94. The van der Waals surface area contributed by atoms with Crippen LogP contribution in [0.3, 0.4) is 0 Å². The van der Waals surface area contributed by atoms with E-state index in [4.69, 9.17) is 0 Å². The van der Waals surface area contributed by atoms with Crippen molar-refractivity contribution in [3.05, 3.63) is 51.9 Å². The smallest absolute Gasteiger partial charge is 0.261 e. The van der Waals surface area contributed by atoms with Crippen LogP contribution in [0.1, 0.15) is 24.0 Å². The summed E-state index contributed by atoms with van der Waals surface area (Å²) in [6.07, 6.45) is 2.43. The lowest BCUT2D eigenvalue weighted by atomic mass is 9.93. The molecule has 8 heteroatoms. The van der Waals surface area contributed by atoms with Crippen molar-refractivity contribution in [3.63, 3.8) is 0 Å². The largest absolute Gasteiger partial charge is 0.393 e. The molecule has 0 amide bonds. The predicted molar refractivity (Wildman–Crippen MR) is 113 cm³/mol. The zero-order chi connectivity index (χ0) is 20.6. The normalized spacial score (nSPS) is 16.2. The maximum Gasteiger partial charge on any atom is 0.261 e. The molecular weight excluding hydrogens is 370 g/mol. The average Bonchev–Trinajstić information content (AvgIpc) is 2.67. The van der Waals surface area contributed by atoms with Gasteiger partial charge < -0.3 is 25.4 Å². The Bertz CT molecular complexity index is 1080. The van der Waals surface area contributed by atoms with Crippen LogP contribution in [-0.4, -0.2) is 50.5 Å². The molecular formula is C21H25N5O3. The third-order valence-corrected chi connectivity index (χ3v) is 5.36. The predicted octanol–water partition coefficient (Wildman–Crippen LogP) is 2.00. The Morgan fingerprint density at radius 2 is 1.86 bits per heavy atom. The Kier molecular flexibility index (Phi) is 4.97. The van der Waals surface area contributed by atoms with Crippen molar-refractivity contribution in [1.82, 2.24) is 15.0 Å². The zero-order valence-electron chi connectivity index (χ0n) is 16.6. The Balaban J connectivity index is 1.75. The zero-order valence-corrected chi connectivity index (χ0v) is 16.6. The topological polar surface area (TPSA) is 114 Å². The van der Waals surface area contributed by atoms with Crippen molar-refractivity contribution >= 4 is 28.4 Å². The van der Waals surface area contributed by atoms with Crippen LogP contribution in [0.2, 0.25) is 0 Å². The molecule has 1 aliphatic heterocycles. The van der Waals surface area contributed by atoms with Gasteiger partial charge in [-0.3, -0.25) is 4.79 Å². The van der Waals surface area contributed by atoms with Gasteiger partial charge in [-0.15, -0.1) is 0 Å². The van der Waals surface area contributed by atoms with Gasteiger partial charge in [0, 0.05) is 25.0 Å². The first-order valence-electron chi connectivity index (χ1n) is 9.70. The van der Waals surface area contributed by atoms with Crippen LogP contribution < -0.4 is 15.8 Å². The number of aromatic nitrogens is 3. The molecule has 0 bridgehead atoms. The van der Waals surface area contributed by atoms with Crippen molar-refractivity contribution in [2.45, 2.75) is 32.3 Å². The molecule has 1 aromatic carbocycles. The molecule has 0 saturated carbocycles. The van der Waals surface area contributed by atoms with E-state index in [9.17, 15) is 15.0 Å². The quantitative estimate of drug-likeness (QED) is 0.534. The first-order valence-corrected chi connectivity index (χ1v) is 9.70. The van der Waals surface area contributed by atoms with Gasteiger partial charge in [-0.2, -0.15) is 4.98 Å². The van der Waals surface area contributed by atoms with Gasteiger partial charge in [-0.25, -0.2) is 4.98 Å². The van der Waals surface area contributed by atoms with E-state index in [2.05, 4.69) is 26.3 Å². The van der Waals surface area contributed by atoms with Gasteiger partial charge in [0.05, 0.1) is 17.7 Å². The number of nitrogens with zero attached hydrogens (tertiary/aromatic N) is 3. The molecule has 0 unspecified atom stereocenters. The maximum absolute atomic E-state index is 12.5.